The Balaban J connectivity index is 1.60. The molecular formula is C15H21FN2. The summed E-state index contributed by atoms with van der Waals surface area (Å²) in [7, 11) is 0. The van der Waals surface area contributed by atoms with Gasteiger partial charge in [-0.15, -0.1) is 0 Å². The monoisotopic (exact) mass is 248 g/mol. The molecule has 0 bridgehead atoms. The van der Waals surface area contributed by atoms with Crippen molar-refractivity contribution in [3.05, 3.63) is 35.6 Å². The molecule has 1 N–H and O–H groups in total. The predicted molar refractivity (Wildman–Crippen MR) is 70.8 cm³/mol. The molecule has 2 aliphatic rings. The SMILES string of the molecule is Fc1ccc(CN2CCC3(CCNCC3)C2)cc1. The Morgan fingerprint density at radius 2 is 1.83 bits per heavy atom. The van der Waals surface area contributed by atoms with Crippen LogP contribution < -0.4 is 5.32 Å². The highest BCUT2D eigenvalue weighted by atomic mass is 19.1. The van der Waals surface area contributed by atoms with Crippen LogP contribution in [0.3, 0.4) is 0 Å². The predicted octanol–water partition coefficient (Wildman–Crippen LogP) is 2.40. The van der Waals surface area contributed by atoms with E-state index in [9.17, 15) is 4.39 Å². The van der Waals surface area contributed by atoms with Gasteiger partial charge in [-0.05, 0) is 62.0 Å². The van der Waals surface area contributed by atoms with Gasteiger partial charge in [0.2, 0.25) is 0 Å². The maximum atomic E-state index is 12.9. The van der Waals surface area contributed by atoms with E-state index in [-0.39, 0.29) is 5.82 Å². The number of hydrogen-bond donors (Lipinski definition) is 1. The van der Waals surface area contributed by atoms with Crippen molar-refractivity contribution < 1.29 is 4.39 Å². The van der Waals surface area contributed by atoms with E-state index in [2.05, 4.69) is 10.2 Å². The molecule has 3 heteroatoms. The summed E-state index contributed by atoms with van der Waals surface area (Å²) in [5.41, 5.74) is 1.79. The Morgan fingerprint density at radius 3 is 2.56 bits per heavy atom. The van der Waals surface area contributed by atoms with Crippen LogP contribution in [0.4, 0.5) is 4.39 Å². The Bertz CT molecular complexity index is 395. The Hall–Kier alpha value is -0.930. The van der Waals surface area contributed by atoms with Crippen LogP contribution in [0.5, 0.6) is 0 Å². The molecule has 2 saturated heterocycles. The molecule has 0 aliphatic carbocycles. The number of benzene rings is 1. The third-order valence-electron chi connectivity index (χ3n) is 4.50. The van der Waals surface area contributed by atoms with Crippen LogP contribution in [0.25, 0.3) is 0 Å². The first-order valence-corrected chi connectivity index (χ1v) is 6.93. The molecule has 2 heterocycles. The van der Waals surface area contributed by atoms with Gasteiger partial charge in [0, 0.05) is 13.1 Å². The zero-order chi connectivity index (χ0) is 12.4. The van der Waals surface area contributed by atoms with E-state index in [1.165, 1.54) is 51.0 Å². The lowest BCUT2D eigenvalue weighted by Crippen LogP contribution is -2.38. The fraction of sp³-hybridized carbons (Fsp3) is 0.600. The molecule has 98 valence electrons. The summed E-state index contributed by atoms with van der Waals surface area (Å²) in [5.74, 6) is -0.144. The van der Waals surface area contributed by atoms with Crippen molar-refractivity contribution in [3.8, 4) is 0 Å². The smallest absolute Gasteiger partial charge is 0.123 e. The molecule has 0 radical (unpaired) electrons. The van der Waals surface area contributed by atoms with Gasteiger partial charge in [-0.3, -0.25) is 4.90 Å². The molecule has 2 nitrogen and oxygen atoms in total. The second-order valence-electron chi connectivity index (χ2n) is 5.84. The number of rotatable bonds is 2. The first kappa shape index (κ1) is 12.1. The summed E-state index contributed by atoms with van der Waals surface area (Å²) in [6.45, 7) is 5.72. The van der Waals surface area contributed by atoms with Crippen LogP contribution >= 0.6 is 0 Å². The number of nitrogens with one attached hydrogen (secondary N) is 1. The first-order chi connectivity index (χ1) is 8.76. The minimum atomic E-state index is -0.144. The average molecular weight is 248 g/mol. The van der Waals surface area contributed by atoms with Crippen molar-refractivity contribution in [2.24, 2.45) is 5.41 Å². The number of hydrogen-bond acceptors (Lipinski definition) is 2. The number of likely N-dealkylation sites (tertiary alicyclic amines) is 1. The zero-order valence-electron chi connectivity index (χ0n) is 10.8. The summed E-state index contributed by atoms with van der Waals surface area (Å²) in [5, 5.41) is 3.45. The molecule has 18 heavy (non-hydrogen) atoms. The Labute approximate surface area is 108 Å². The summed E-state index contributed by atoms with van der Waals surface area (Å²) in [6, 6.07) is 6.93. The van der Waals surface area contributed by atoms with Gasteiger partial charge in [0.25, 0.3) is 0 Å². The summed E-state index contributed by atoms with van der Waals surface area (Å²) < 4.78 is 12.9. The summed E-state index contributed by atoms with van der Waals surface area (Å²) >= 11 is 0. The topological polar surface area (TPSA) is 15.3 Å². The molecule has 3 rings (SSSR count). The third-order valence-corrected chi connectivity index (χ3v) is 4.50. The molecule has 1 spiro atoms. The molecular weight excluding hydrogens is 227 g/mol. The van der Waals surface area contributed by atoms with Gasteiger partial charge < -0.3 is 5.32 Å². The maximum absolute atomic E-state index is 12.9. The largest absolute Gasteiger partial charge is 0.317 e. The normalized spacial score (nSPS) is 23.6. The highest BCUT2D eigenvalue weighted by molar-refractivity contribution is 5.16. The Morgan fingerprint density at radius 1 is 1.11 bits per heavy atom. The molecule has 0 unspecified atom stereocenters. The van der Waals surface area contributed by atoms with Gasteiger partial charge >= 0.3 is 0 Å². The van der Waals surface area contributed by atoms with Crippen LogP contribution in [0, 0.1) is 11.2 Å². The van der Waals surface area contributed by atoms with E-state index in [1.54, 1.807) is 12.1 Å². The van der Waals surface area contributed by atoms with Crippen molar-refractivity contribution in [1.82, 2.24) is 10.2 Å². The van der Waals surface area contributed by atoms with Crippen molar-refractivity contribution in [2.45, 2.75) is 25.8 Å². The van der Waals surface area contributed by atoms with Crippen LogP contribution in [-0.2, 0) is 6.54 Å². The second kappa shape index (κ2) is 4.98. The third kappa shape index (κ3) is 2.57. The van der Waals surface area contributed by atoms with Crippen molar-refractivity contribution in [1.29, 1.82) is 0 Å². The van der Waals surface area contributed by atoms with Crippen molar-refractivity contribution in [2.75, 3.05) is 26.2 Å². The van der Waals surface area contributed by atoms with E-state index in [0.717, 1.165) is 6.54 Å². The van der Waals surface area contributed by atoms with E-state index in [1.807, 2.05) is 12.1 Å². The van der Waals surface area contributed by atoms with Crippen LogP contribution in [-0.4, -0.2) is 31.1 Å². The van der Waals surface area contributed by atoms with E-state index < -0.39 is 0 Å². The number of halogens is 1. The number of piperidine rings is 1. The molecule has 0 atom stereocenters. The standard InChI is InChI=1S/C15H21FN2/c16-14-3-1-13(2-4-14)11-18-10-7-15(12-18)5-8-17-9-6-15/h1-4,17H,5-12H2. The minimum absolute atomic E-state index is 0.144. The first-order valence-electron chi connectivity index (χ1n) is 6.93. The van der Waals surface area contributed by atoms with Crippen LogP contribution in [0.2, 0.25) is 0 Å². The Kier molecular flexibility index (Phi) is 3.35. The summed E-state index contributed by atoms with van der Waals surface area (Å²) in [4.78, 5) is 2.53. The van der Waals surface area contributed by atoms with E-state index in [4.69, 9.17) is 0 Å². The van der Waals surface area contributed by atoms with Crippen molar-refractivity contribution in [3.63, 3.8) is 0 Å². The van der Waals surface area contributed by atoms with Gasteiger partial charge in [-0.1, -0.05) is 12.1 Å². The molecule has 0 aromatic heterocycles. The van der Waals surface area contributed by atoms with Gasteiger partial charge in [0.15, 0.2) is 0 Å². The maximum Gasteiger partial charge on any atom is 0.123 e. The van der Waals surface area contributed by atoms with Crippen molar-refractivity contribution >= 4 is 0 Å². The van der Waals surface area contributed by atoms with Gasteiger partial charge in [0.1, 0.15) is 5.82 Å². The highest BCUT2D eigenvalue weighted by Gasteiger charge is 2.38. The lowest BCUT2D eigenvalue weighted by Gasteiger charge is -2.33. The lowest BCUT2D eigenvalue weighted by atomic mass is 9.78. The summed E-state index contributed by atoms with van der Waals surface area (Å²) in [6.07, 6.45) is 3.95. The van der Waals surface area contributed by atoms with Crippen LogP contribution in [0.1, 0.15) is 24.8 Å². The average Bonchev–Trinajstić information content (AvgIpc) is 2.76. The van der Waals surface area contributed by atoms with E-state index >= 15 is 0 Å². The fourth-order valence-corrected chi connectivity index (χ4v) is 3.38. The quantitative estimate of drug-likeness (QED) is 0.864. The van der Waals surface area contributed by atoms with Gasteiger partial charge in [-0.2, -0.15) is 0 Å². The lowest BCUT2D eigenvalue weighted by molar-refractivity contribution is 0.194. The fourth-order valence-electron chi connectivity index (χ4n) is 3.38. The number of nitrogens with zero attached hydrogens (tertiary/aromatic N) is 1. The van der Waals surface area contributed by atoms with Gasteiger partial charge in [0.05, 0.1) is 0 Å². The molecule has 1 aromatic rings. The highest BCUT2D eigenvalue weighted by Crippen LogP contribution is 2.38. The minimum Gasteiger partial charge on any atom is -0.317 e. The van der Waals surface area contributed by atoms with Crippen LogP contribution in [0.15, 0.2) is 24.3 Å². The molecule has 0 amide bonds. The molecule has 2 aliphatic heterocycles. The molecule has 2 fully saturated rings. The van der Waals surface area contributed by atoms with Gasteiger partial charge in [-0.25, -0.2) is 4.39 Å². The molecule has 1 aromatic carbocycles. The second-order valence-corrected chi connectivity index (χ2v) is 5.84. The zero-order valence-corrected chi connectivity index (χ0v) is 10.8. The molecule has 0 saturated carbocycles. The van der Waals surface area contributed by atoms with E-state index in [0.29, 0.717) is 5.41 Å².